The van der Waals surface area contributed by atoms with Crippen molar-refractivity contribution >= 4 is 34.6 Å². The lowest BCUT2D eigenvalue weighted by Gasteiger charge is -1.93. The van der Waals surface area contributed by atoms with Crippen molar-refractivity contribution in [3.63, 3.8) is 0 Å². The quantitative estimate of drug-likeness (QED) is 0.380. The first kappa shape index (κ1) is 12.4. The summed E-state index contributed by atoms with van der Waals surface area (Å²) in [5.41, 5.74) is 0.586. The third-order valence-electron chi connectivity index (χ3n) is 2.03. The number of halogens is 2. The van der Waals surface area contributed by atoms with E-state index in [-0.39, 0.29) is 17.2 Å². The Balaban J connectivity index is 0.000000606. The molecule has 84 valence electrons. The molecular formula is C11H9ClFNO2. The van der Waals surface area contributed by atoms with Gasteiger partial charge in [0.05, 0.1) is 5.56 Å². The number of benzene rings is 1. The average Bonchev–Trinajstić information content (AvgIpc) is 2.76. The highest BCUT2D eigenvalue weighted by Crippen LogP contribution is 2.21. The van der Waals surface area contributed by atoms with E-state index in [0.717, 1.165) is 0 Å². The van der Waals surface area contributed by atoms with Crippen LogP contribution in [0, 0.1) is 5.82 Å². The fraction of sp³-hybridized carbons (Fsp3) is 0.0909. The van der Waals surface area contributed by atoms with Crippen LogP contribution < -0.4 is 0 Å². The SMILES string of the molecule is CCl.O=CC(=O)c1c[nH]c2cccc(F)c12. The number of fused-ring (bicyclic) bond motifs is 1. The zero-order valence-electron chi connectivity index (χ0n) is 8.46. The second-order valence-electron chi connectivity index (χ2n) is 2.85. The van der Waals surface area contributed by atoms with Crippen molar-refractivity contribution in [3.8, 4) is 0 Å². The Labute approximate surface area is 96.2 Å². The highest BCUT2D eigenvalue weighted by molar-refractivity contribution is 6.36. The van der Waals surface area contributed by atoms with E-state index in [0.29, 0.717) is 5.52 Å². The Morgan fingerprint density at radius 1 is 1.44 bits per heavy atom. The number of aldehydes is 1. The predicted molar refractivity (Wildman–Crippen MR) is 60.4 cm³/mol. The summed E-state index contributed by atoms with van der Waals surface area (Å²) >= 11 is 4.64. The van der Waals surface area contributed by atoms with Gasteiger partial charge in [-0.15, -0.1) is 11.6 Å². The number of hydrogen-bond donors (Lipinski definition) is 1. The van der Waals surface area contributed by atoms with Gasteiger partial charge in [0.2, 0.25) is 5.78 Å². The third-order valence-corrected chi connectivity index (χ3v) is 2.03. The number of rotatable bonds is 2. The Morgan fingerprint density at radius 3 is 2.75 bits per heavy atom. The van der Waals surface area contributed by atoms with Gasteiger partial charge in [0.15, 0.2) is 6.29 Å². The van der Waals surface area contributed by atoms with Gasteiger partial charge < -0.3 is 4.98 Å². The van der Waals surface area contributed by atoms with Crippen molar-refractivity contribution in [3.05, 3.63) is 35.8 Å². The minimum Gasteiger partial charge on any atom is -0.360 e. The fourth-order valence-corrected chi connectivity index (χ4v) is 1.40. The molecule has 0 radical (unpaired) electrons. The highest BCUT2D eigenvalue weighted by Gasteiger charge is 2.13. The van der Waals surface area contributed by atoms with Crippen molar-refractivity contribution in [1.29, 1.82) is 0 Å². The second-order valence-corrected chi connectivity index (χ2v) is 2.85. The van der Waals surface area contributed by atoms with E-state index in [1.165, 1.54) is 24.7 Å². The molecule has 1 aromatic heterocycles. The number of alkyl halides is 1. The van der Waals surface area contributed by atoms with Gasteiger partial charge in [-0.3, -0.25) is 9.59 Å². The molecule has 2 rings (SSSR count). The number of Topliss-reactive ketones (excluding diaryl/α,β-unsaturated/α-hetero) is 1. The van der Waals surface area contributed by atoms with Crippen LogP contribution in [0.25, 0.3) is 10.9 Å². The van der Waals surface area contributed by atoms with Gasteiger partial charge >= 0.3 is 0 Å². The minimum atomic E-state index is -0.721. The highest BCUT2D eigenvalue weighted by atomic mass is 35.5. The number of ketones is 1. The summed E-state index contributed by atoms with van der Waals surface area (Å²) in [7, 11) is 0. The first-order chi connectivity index (χ1) is 7.74. The maximum absolute atomic E-state index is 13.3. The molecule has 0 bridgehead atoms. The van der Waals surface area contributed by atoms with E-state index in [1.807, 2.05) is 0 Å². The Kier molecular flexibility index (Phi) is 4.19. The molecule has 0 amide bonds. The molecule has 3 nitrogen and oxygen atoms in total. The minimum absolute atomic E-state index is 0.0769. The Morgan fingerprint density at radius 2 is 2.12 bits per heavy atom. The zero-order valence-corrected chi connectivity index (χ0v) is 9.22. The monoisotopic (exact) mass is 241 g/mol. The summed E-state index contributed by atoms with van der Waals surface area (Å²) in [6.45, 7) is 0. The molecule has 0 saturated carbocycles. The second kappa shape index (κ2) is 5.42. The molecule has 0 saturated heterocycles. The Bertz CT molecular complexity index is 522. The van der Waals surface area contributed by atoms with Crippen LogP contribution in [0.3, 0.4) is 0 Å². The molecule has 1 heterocycles. The van der Waals surface area contributed by atoms with Gasteiger partial charge in [-0.25, -0.2) is 4.39 Å². The molecule has 16 heavy (non-hydrogen) atoms. The van der Waals surface area contributed by atoms with Crippen LogP contribution in [0.1, 0.15) is 10.4 Å². The summed E-state index contributed by atoms with van der Waals surface area (Å²) in [6.07, 6.45) is 2.99. The van der Waals surface area contributed by atoms with Crippen LogP contribution in [0.4, 0.5) is 4.39 Å². The normalized spacial score (nSPS) is 9.44. The first-order valence-corrected chi connectivity index (χ1v) is 5.12. The summed E-state index contributed by atoms with van der Waals surface area (Å²) in [4.78, 5) is 24.1. The molecule has 1 N–H and O–H groups in total. The number of aromatic amines is 1. The van der Waals surface area contributed by atoms with Gasteiger partial charge in [0.1, 0.15) is 5.82 Å². The standard InChI is InChI=1S/C10H6FNO2.CH3Cl/c11-7-2-1-3-8-10(7)6(4-12-8)9(14)5-13;1-2/h1-5,12H;1H3. The largest absolute Gasteiger partial charge is 0.360 e. The molecule has 0 aliphatic rings. The molecule has 0 fully saturated rings. The number of nitrogens with one attached hydrogen (secondary N) is 1. The molecule has 0 spiro atoms. The van der Waals surface area contributed by atoms with E-state index >= 15 is 0 Å². The van der Waals surface area contributed by atoms with Gasteiger partial charge in [-0.1, -0.05) is 6.07 Å². The van der Waals surface area contributed by atoms with Crippen LogP contribution in [-0.4, -0.2) is 23.4 Å². The lowest BCUT2D eigenvalue weighted by atomic mass is 10.1. The Hall–Kier alpha value is -1.68. The molecule has 1 aromatic carbocycles. The van der Waals surface area contributed by atoms with Gasteiger partial charge in [-0.2, -0.15) is 0 Å². The first-order valence-electron chi connectivity index (χ1n) is 4.37. The lowest BCUT2D eigenvalue weighted by Crippen LogP contribution is -1.98. The maximum Gasteiger partial charge on any atom is 0.227 e. The number of carbonyl (C=O) groups is 2. The van der Waals surface area contributed by atoms with Gasteiger partial charge in [-0.05, 0) is 12.1 Å². The third kappa shape index (κ3) is 2.12. The topological polar surface area (TPSA) is 49.9 Å². The predicted octanol–water partition coefficient (Wildman–Crippen LogP) is 2.54. The van der Waals surface area contributed by atoms with Gasteiger partial charge in [0.25, 0.3) is 0 Å². The van der Waals surface area contributed by atoms with Crippen molar-refractivity contribution in [2.24, 2.45) is 0 Å². The molecule has 0 atom stereocenters. The molecule has 0 aliphatic heterocycles. The zero-order chi connectivity index (χ0) is 12.1. The number of H-pyrrole nitrogens is 1. The van der Waals surface area contributed by atoms with Crippen molar-refractivity contribution < 1.29 is 14.0 Å². The van der Waals surface area contributed by atoms with E-state index in [1.54, 1.807) is 6.07 Å². The number of carbonyl (C=O) groups excluding carboxylic acids is 2. The van der Waals surface area contributed by atoms with Crippen molar-refractivity contribution in [2.75, 3.05) is 6.38 Å². The van der Waals surface area contributed by atoms with E-state index in [4.69, 9.17) is 0 Å². The van der Waals surface area contributed by atoms with Gasteiger partial charge in [0, 0.05) is 23.5 Å². The molecule has 5 heteroatoms. The molecule has 0 aliphatic carbocycles. The van der Waals surface area contributed by atoms with Crippen LogP contribution >= 0.6 is 11.6 Å². The fourth-order valence-electron chi connectivity index (χ4n) is 1.40. The molecule has 2 aromatic rings. The van der Waals surface area contributed by atoms with Crippen molar-refractivity contribution in [1.82, 2.24) is 4.98 Å². The number of aromatic nitrogens is 1. The molecule has 0 unspecified atom stereocenters. The van der Waals surface area contributed by atoms with E-state index < -0.39 is 11.6 Å². The summed E-state index contributed by atoms with van der Waals surface area (Å²) in [5, 5.41) is 0.171. The summed E-state index contributed by atoms with van der Waals surface area (Å²) in [5.74, 6) is -1.23. The van der Waals surface area contributed by atoms with Crippen LogP contribution in [-0.2, 0) is 4.79 Å². The summed E-state index contributed by atoms with van der Waals surface area (Å²) < 4.78 is 13.3. The molecular weight excluding hydrogens is 233 g/mol. The van der Waals surface area contributed by atoms with E-state index in [2.05, 4.69) is 16.6 Å². The average molecular weight is 242 g/mol. The van der Waals surface area contributed by atoms with E-state index in [9.17, 15) is 14.0 Å². The summed E-state index contributed by atoms with van der Waals surface area (Å²) in [6, 6.07) is 4.42. The lowest BCUT2D eigenvalue weighted by molar-refractivity contribution is -0.104. The number of hydrogen-bond acceptors (Lipinski definition) is 2. The van der Waals surface area contributed by atoms with Crippen molar-refractivity contribution in [2.45, 2.75) is 0 Å². The van der Waals surface area contributed by atoms with Crippen LogP contribution in [0.5, 0.6) is 0 Å². The smallest absolute Gasteiger partial charge is 0.227 e. The van der Waals surface area contributed by atoms with Crippen LogP contribution in [0.15, 0.2) is 24.4 Å². The maximum atomic E-state index is 13.3. The van der Waals surface area contributed by atoms with Crippen LogP contribution in [0.2, 0.25) is 0 Å².